The molecule has 10 N–H and O–H groups in total. The molecular weight excluding hydrogens is 554 g/mol. The predicted octanol–water partition coefficient (Wildman–Crippen LogP) is 3.06. The van der Waals surface area contributed by atoms with Crippen molar-refractivity contribution in [1.29, 1.82) is 5.41 Å². The molecule has 216 valence electrons. The van der Waals surface area contributed by atoms with E-state index in [1.54, 1.807) is 31.2 Å². The summed E-state index contributed by atoms with van der Waals surface area (Å²) in [6.45, 7) is 3.28. The number of carbonyl (C=O) groups excluding carboxylic acids is 2. The van der Waals surface area contributed by atoms with E-state index in [-0.39, 0.29) is 17.0 Å². The van der Waals surface area contributed by atoms with Gasteiger partial charge in [-0.05, 0) is 67.2 Å². The monoisotopic (exact) mass is 585 g/mol. The number of aliphatic imine (C=N–C) groups is 1. The van der Waals surface area contributed by atoms with Crippen molar-refractivity contribution in [2.75, 3.05) is 41.4 Å². The number of nitrogens with one attached hydrogen (secondary N) is 8. The molecule has 0 atom stereocenters. The minimum atomic E-state index is -0.457. The van der Waals surface area contributed by atoms with Crippen molar-refractivity contribution in [3.63, 3.8) is 0 Å². The van der Waals surface area contributed by atoms with Crippen molar-refractivity contribution in [2.24, 2.45) is 15.8 Å². The molecular formula is C28H31N11O2S. The van der Waals surface area contributed by atoms with Crippen LogP contribution >= 0.6 is 12.2 Å². The molecule has 3 amide bonds. The maximum absolute atomic E-state index is 12.8. The van der Waals surface area contributed by atoms with Crippen molar-refractivity contribution in [2.45, 2.75) is 6.92 Å². The number of hydrogen-bond donors (Lipinski definition) is 9. The summed E-state index contributed by atoms with van der Waals surface area (Å²) in [6.07, 6.45) is 0. The molecule has 42 heavy (non-hydrogen) atoms. The zero-order valence-corrected chi connectivity index (χ0v) is 23.8. The van der Waals surface area contributed by atoms with E-state index in [0.717, 1.165) is 30.1 Å². The van der Waals surface area contributed by atoms with E-state index >= 15 is 0 Å². The fourth-order valence-electron chi connectivity index (χ4n) is 4.00. The second-order valence-electron chi connectivity index (χ2n) is 9.04. The van der Waals surface area contributed by atoms with Crippen LogP contribution in [-0.2, 0) is 0 Å². The topological polar surface area (TPSA) is 193 Å². The lowest BCUT2D eigenvalue weighted by Crippen LogP contribution is -2.26. The SMILES string of the molecule is CNC(=O)c1ccc(NC(=O)Nc2cccc(C3=NCCN3)c2)cc1NC(=S)Nc1cccc(/C(C)=N/NC(=N)N)c1. The Morgan fingerprint density at radius 3 is 2.38 bits per heavy atom. The van der Waals surface area contributed by atoms with Crippen LogP contribution in [0.25, 0.3) is 0 Å². The molecule has 3 aromatic rings. The number of urea groups is 1. The van der Waals surface area contributed by atoms with Gasteiger partial charge in [0.2, 0.25) is 5.96 Å². The zero-order valence-electron chi connectivity index (χ0n) is 23.0. The molecule has 0 bridgehead atoms. The fraction of sp³-hybridized carbons (Fsp3) is 0.143. The molecule has 0 aliphatic carbocycles. The molecule has 0 spiro atoms. The molecule has 1 aliphatic rings. The molecule has 14 heteroatoms. The second kappa shape index (κ2) is 13.7. The highest BCUT2D eigenvalue weighted by molar-refractivity contribution is 7.80. The van der Waals surface area contributed by atoms with Gasteiger partial charge in [-0.25, -0.2) is 10.2 Å². The summed E-state index contributed by atoms with van der Waals surface area (Å²) >= 11 is 5.51. The van der Waals surface area contributed by atoms with Gasteiger partial charge in [-0.2, -0.15) is 5.10 Å². The van der Waals surface area contributed by atoms with Gasteiger partial charge in [0, 0.05) is 36.2 Å². The lowest BCUT2D eigenvalue weighted by atomic mass is 10.1. The Labute approximate surface area is 248 Å². The van der Waals surface area contributed by atoms with E-state index in [9.17, 15) is 9.59 Å². The molecule has 0 unspecified atom stereocenters. The third-order valence-electron chi connectivity index (χ3n) is 5.95. The Kier molecular flexibility index (Phi) is 9.63. The summed E-state index contributed by atoms with van der Waals surface area (Å²) in [5.41, 5.74) is 12.4. The normalized spacial score (nSPS) is 12.3. The van der Waals surface area contributed by atoms with Gasteiger partial charge in [-0.1, -0.05) is 24.3 Å². The molecule has 1 aliphatic heterocycles. The van der Waals surface area contributed by atoms with Gasteiger partial charge >= 0.3 is 6.03 Å². The van der Waals surface area contributed by atoms with Crippen LogP contribution in [0.15, 0.2) is 76.8 Å². The number of rotatable bonds is 8. The lowest BCUT2D eigenvalue weighted by Gasteiger charge is -2.16. The zero-order chi connectivity index (χ0) is 30.1. The van der Waals surface area contributed by atoms with Crippen LogP contribution < -0.4 is 43.1 Å². The number of amidine groups is 1. The smallest absolute Gasteiger partial charge is 0.323 e. The van der Waals surface area contributed by atoms with E-state index in [2.05, 4.69) is 47.4 Å². The first-order chi connectivity index (χ1) is 20.2. The molecule has 0 saturated carbocycles. The van der Waals surface area contributed by atoms with Crippen LogP contribution in [0.3, 0.4) is 0 Å². The second-order valence-corrected chi connectivity index (χ2v) is 9.45. The summed E-state index contributed by atoms with van der Waals surface area (Å²) < 4.78 is 0. The first-order valence-corrected chi connectivity index (χ1v) is 13.3. The molecule has 0 fully saturated rings. The van der Waals surface area contributed by atoms with Crippen molar-refractivity contribution in [3.8, 4) is 0 Å². The maximum Gasteiger partial charge on any atom is 0.323 e. The van der Waals surface area contributed by atoms with Crippen LogP contribution in [0.5, 0.6) is 0 Å². The lowest BCUT2D eigenvalue weighted by molar-refractivity contribution is 0.0964. The third kappa shape index (κ3) is 8.02. The Balaban J connectivity index is 1.46. The van der Waals surface area contributed by atoms with Crippen molar-refractivity contribution in [3.05, 3.63) is 83.4 Å². The first-order valence-electron chi connectivity index (χ1n) is 12.9. The summed E-state index contributed by atoms with van der Waals surface area (Å²) in [5, 5.41) is 29.1. The minimum absolute atomic E-state index is 0.218. The van der Waals surface area contributed by atoms with Crippen LogP contribution in [0.4, 0.5) is 27.5 Å². The van der Waals surface area contributed by atoms with Crippen LogP contribution in [0.2, 0.25) is 0 Å². The Hall–Kier alpha value is -5.50. The number of hydrazone groups is 1. The number of carbonyl (C=O) groups is 2. The molecule has 13 nitrogen and oxygen atoms in total. The number of anilines is 4. The van der Waals surface area contributed by atoms with Gasteiger partial charge in [0.25, 0.3) is 5.91 Å². The van der Waals surface area contributed by atoms with Crippen LogP contribution in [-0.4, -0.2) is 54.7 Å². The van der Waals surface area contributed by atoms with Gasteiger partial charge < -0.3 is 37.6 Å². The maximum atomic E-state index is 12.8. The molecule has 3 aromatic carbocycles. The van der Waals surface area contributed by atoms with Crippen molar-refractivity contribution < 1.29 is 9.59 Å². The van der Waals surface area contributed by atoms with Gasteiger partial charge in [-0.15, -0.1) is 0 Å². The molecule has 0 aromatic heterocycles. The molecule has 0 radical (unpaired) electrons. The number of hydrogen-bond acceptors (Lipinski definition) is 7. The summed E-state index contributed by atoms with van der Waals surface area (Å²) in [7, 11) is 1.53. The highest BCUT2D eigenvalue weighted by atomic mass is 32.1. The highest BCUT2D eigenvalue weighted by Crippen LogP contribution is 2.23. The van der Waals surface area contributed by atoms with Gasteiger partial charge in [0.15, 0.2) is 5.11 Å². The number of thiocarbonyl (C=S) groups is 1. The third-order valence-corrected chi connectivity index (χ3v) is 6.15. The number of guanidine groups is 1. The number of benzene rings is 3. The van der Waals surface area contributed by atoms with E-state index < -0.39 is 6.03 Å². The Morgan fingerprint density at radius 1 is 0.976 bits per heavy atom. The van der Waals surface area contributed by atoms with Gasteiger partial charge in [0.05, 0.1) is 23.5 Å². The average Bonchev–Trinajstić information content (AvgIpc) is 3.51. The quantitative estimate of drug-likeness (QED) is 0.0833. The van der Waals surface area contributed by atoms with Crippen LogP contribution in [0, 0.1) is 5.41 Å². The fourth-order valence-corrected chi connectivity index (χ4v) is 4.23. The van der Waals surface area contributed by atoms with E-state index in [4.69, 9.17) is 23.4 Å². The van der Waals surface area contributed by atoms with Crippen molar-refractivity contribution in [1.82, 2.24) is 16.1 Å². The summed E-state index contributed by atoms with van der Waals surface area (Å²) in [5.74, 6) is 0.198. The van der Waals surface area contributed by atoms with Crippen molar-refractivity contribution >= 4 is 69.5 Å². The molecule has 4 rings (SSSR count). The van der Waals surface area contributed by atoms with Crippen LogP contribution in [0.1, 0.15) is 28.4 Å². The van der Waals surface area contributed by atoms with E-state index in [1.807, 2.05) is 42.5 Å². The molecule has 0 saturated heterocycles. The van der Waals surface area contributed by atoms with Gasteiger partial charge in [0.1, 0.15) is 5.84 Å². The minimum Gasteiger partial charge on any atom is -0.369 e. The summed E-state index contributed by atoms with van der Waals surface area (Å²) in [4.78, 5) is 29.8. The standard InChI is InChI=1S/C28H31N11O2S/c1-16(38-39-26(29)30)17-5-3-8-20(13-17)36-28(42)37-23-15-21(9-10-22(23)25(40)31-2)35-27(41)34-19-7-4-6-18(14-19)24-32-11-12-33-24/h3-10,13-15H,11-12H2,1-2H3,(H,31,40)(H,32,33)(H4,29,30,39)(H2,34,35,41)(H2,36,37,42)/b38-16+. The predicted molar refractivity (Wildman–Crippen MR) is 172 cm³/mol. The first kappa shape index (κ1) is 29.5. The van der Waals surface area contributed by atoms with Gasteiger partial charge in [-0.3, -0.25) is 15.2 Å². The summed E-state index contributed by atoms with van der Waals surface area (Å²) in [6, 6.07) is 19.1. The largest absolute Gasteiger partial charge is 0.369 e. The Bertz CT molecular complexity index is 1590. The highest BCUT2D eigenvalue weighted by Gasteiger charge is 2.14. The Morgan fingerprint density at radius 2 is 1.69 bits per heavy atom. The molecule has 1 heterocycles. The number of amides is 3. The number of nitrogens with two attached hydrogens (primary N) is 1. The van der Waals surface area contributed by atoms with E-state index in [0.29, 0.717) is 34.0 Å². The number of nitrogens with zero attached hydrogens (tertiary/aromatic N) is 2. The van der Waals surface area contributed by atoms with E-state index in [1.165, 1.54) is 7.05 Å². The average molecular weight is 586 g/mol.